The lowest BCUT2D eigenvalue weighted by Gasteiger charge is -2.33. The number of hydrogen-bond acceptors (Lipinski definition) is 5. The van der Waals surface area contributed by atoms with Crippen LogP contribution in [0.3, 0.4) is 0 Å². The molecule has 0 saturated carbocycles. The molecule has 0 spiro atoms. The molecule has 2 N–H and O–H groups in total. The molecule has 0 heterocycles. The number of ether oxygens (including phenoxy) is 1. The molecule has 0 saturated heterocycles. The lowest BCUT2D eigenvalue weighted by atomic mass is 9.95. The molecule has 7 nitrogen and oxygen atoms in total. The summed E-state index contributed by atoms with van der Waals surface area (Å²) in [4.78, 5) is 40.3. The molecule has 0 fully saturated rings. The Bertz CT molecular complexity index is 807. The van der Waals surface area contributed by atoms with E-state index in [-0.39, 0.29) is 17.7 Å². The largest absolute Gasteiger partial charge is 0.444 e. The maximum absolute atomic E-state index is 13.3. The standard InChI is InChI=1S/C24H39N3O4S/c1-9-11-16(3)25-21(28)20(18-13-10-12-15(2)17(18)4)27(8)22(29)19(14-32)26-23(30)31-24(5,6)7/h10,12-13,16,19-20,32H,9,11,14H2,1-8H3,(H,25,28)(H,26,30). The van der Waals surface area contributed by atoms with Crippen LogP contribution in [0.4, 0.5) is 4.79 Å². The van der Waals surface area contributed by atoms with E-state index in [0.29, 0.717) is 0 Å². The molecule has 3 atom stereocenters. The summed E-state index contributed by atoms with van der Waals surface area (Å²) < 4.78 is 5.27. The molecule has 32 heavy (non-hydrogen) atoms. The van der Waals surface area contributed by atoms with E-state index in [1.54, 1.807) is 27.8 Å². The number of nitrogens with one attached hydrogen (secondary N) is 2. The number of rotatable bonds is 9. The third-order valence-electron chi connectivity index (χ3n) is 5.21. The Labute approximate surface area is 198 Å². The second-order valence-electron chi connectivity index (χ2n) is 9.22. The van der Waals surface area contributed by atoms with Crippen molar-refractivity contribution in [2.75, 3.05) is 12.8 Å². The zero-order valence-electron chi connectivity index (χ0n) is 20.6. The smallest absolute Gasteiger partial charge is 0.408 e. The molecule has 3 unspecified atom stereocenters. The van der Waals surface area contributed by atoms with Gasteiger partial charge in [-0.25, -0.2) is 4.79 Å². The van der Waals surface area contributed by atoms with Gasteiger partial charge in [0.2, 0.25) is 11.8 Å². The first-order valence-corrected chi connectivity index (χ1v) is 11.7. The van der Waals surface area contributed by atoms with Gasteiger partial charge in [-0.05, 0) is 64.7 Å². The number of nitrogens with zero attached hydrogens (tertiary/aromatic N) is 1. The predicted octanol–water partition coefficient (Wildman–Crippen LogP) is 3.93. The Morgan fingerprint density at radius 1 is 1.16 bits per heavy atom. The van der Waals surface area contributed by atoms with E-state index in [0.717, 1.165) is 29.5 Å². The van der Waals surface area contributed by atoms with Crippen LogP contribution in [0, 0.1) is 13.8 Å². The fourth-order valence-electron chi connectivity index (χ4n) is 3.43. The van der Waals surface area contributed by atoms with E-state index in [4.69, 9.17) is 4.74 Å². The van der Waals surface area contributed by atoms with Crippen molar-refractivity contribution in [3.05, 3.63) is 34.9 Å². The molecule has 1 aromatic carbocycles. The van der Waals surface area contributed by atoms with Crippen molar-refractivity contribution in [1.82, 2.24) is 15.5 Å². The van der Waals surface area contributed by atoms with Crippen LogP contribution in [0.2, 0.25) is 0 Å². The summed E-state index contributed by atoms with van der Waals surface area (Å²) in [6, 6.07) is 3.90. The molecular formula is C24H39N3O4S. The third-order valence-corrected chi connectivity index (χ3v) is 5.57. The van der Waals surface area contributed by atoms with Crippen LogP contribution in [-0.4, -0.2) is 53.3 Å². The maximum atomic E-state index is 13.3. The second kappa shape index (κ2) is 12.1. The minimum Gasteiger partial charge on any atom is -0.444 e. The van der Waals surface area contributed by atoms with Crippen LogP contribution in [0.15, 0.2) is 18.2 Å². The average molecular weight is 466 g/mol. The highest BCUT2D eigenvalue weighted by atomic mass is 32.1. The maximum Gasteiger partial charge on any atom is 0.408 e. The first-order chi connectivity index (χ1) is 14.8. The normalized spacial score (nSPS) is 14.2. The molecule has 8 heteroatoms. The summed E-state index contributed by atoms with van der Waals surface area (Å²) in [5, 5.41) is 5.60. The van der Waals surface area contributed by atoms with Crippen molar-refractivity contribution in [1.29, 1.82) is 0 Å². The van der Waals surface area contributed by atoms with E-state index >= 15 is 0 Å². The highest BCUT2D eigenvalue weighted by Gasteiger charge is 2.34. The summed E-state index contributed by atoms with van der Waals surface area (Å²) in [5.41, 5.74) is 2.02. The van der Waals surface area contributed by atoms with Crippen LogP contribution in [0.1, 0.15) is 70.2 Å². The number of hydrogen-bond donors (Lipinski definition) is 3. The van der Waals surface area contributed by atoms with Crippen molar-refractivity contribution in [3.8, 4) is 0 Å². The van der Waals surface area contributed by atoms with E-state index in [9.17, 15) is 14.4 Å². The number of alkyl carbamates (subject to hydrolysis) is 1. The third kappa shape index (κ3) is 8.04. The summed E-state index contributed by atoms with van der Waals surface area (Å²) in [7, 11) is 1.58. The number of aryl methyl sites for hydroxylation is 1. The molecular weight excluding hydrogens is 426 g/mol. The minimum atomic E-state index is -0.938. The number of likely N-dealkylation sites (N-methyl/N-ethyl adjacent to an activating group) is 1. The molecule has 0 aliphatic heterocycles. The Morgan fingerprint density at radius 2 is 1.78 bits per heavy atom. The topological polar surface area (TPSA) is 87.7 Å². The van der Waals surface area contributed by atoms with E-state index in [2.05, 4.69) is 30.2 Å². The molecule has 1 rings (SSSR count). The van der Waals surface area contributed by atoms with Crippen molar-refractivity contribution in [2.45, 2.75) is 85.0 Å². The van der Waals surface area contributed by atoms with Gasteiger partial charge in [0.1, 0.15) is 17.7 Å². The fourth-order valence-corrected chi connectivity index (χ4v) is 3.68. The minimum absolute atomic E-state index is 0.0239. The first kappa shape index (κ1) is 27.8. The van der Waals surface area contributed by atoms with Crippen molar-refractivity contribution in [3.63, 3.8) is 0 Å². The van der Waals surface area contributed by atoms with Gasteiger partial charge in [-0.3, -0.25) is 9.59 Å². The molecule has 3 amide bonds. The summed E-state index contributed by atoms with van der Waals surface area (Å²) in [6.45, 7) is 13.1. The van der Waals surface area contributed by atoms with Gasteiger partial charge in [-0.15, -0.1) is 0 Å². The van der Waals surface area contributed by atoms with Crippen LogP contribution >= 0.6 is 12.6 Å². The molecule has 1 aromatic rings. The monoisotopic (exact) mass is 465 g/mol. The van der Waals surface area contributed by atoms with Crippen molar-refractivity contribution in [2.24, 2.45) is 0 Å². The summed E-state index contributed by atoms with van der Waals surface area (Å²) in [5.74, 6) is -0.615. The van der Waals surface area contributed by atoms with Crippen molar-refractivity contribution >= 4 is 30.5 Å². The van der Waals surface area contributed by atoms with Gasteiger partial charge in [0, 0.05) is 18.8 Å². The Balaban J connectivity index is 3.24. The molecule has 0 aromatic heterocycles. The van der Waals surface area contributed by atoms with Gasteiger partial charge in [-0.2, -0.15) is 12.6 Å². The zero-order valence-corrected chi connectivity index (χ0v) is 21.5. The lowest BCUT2D eigenvalue weighted by molar-refractivity contribution is -0.140. The zero-order chi connectivity index (χ0) is 24.6. The van der Waals surface area contributed by atoms with Crippen LogP contribution in [0.25, 0.3) is 0 Å². The Kier molecular flexibility index (Phi) is 10.5. The van der Waals surface area contributed by atoms with E-state index in [1.165, 1.54) is 4.90 Å². The number of amides is 3. The summed E-state index contributed by atoms with van der Waals surface area (Å²) >= 11 is 4.24. The van der Waals surface area contributed by atoms with E-state index in [1.807, 2.05) is 39.0 Å². The molecule has 0 radical (unpaired) electrons. The number of carbonyl (C=O) groups is 3. The molecule has 0 aliphatic rings. The first-order valence-electron chi connectivity index (χ1n) is 11.1. The predicted molar refractivity (Wildman–Crippen MR) is 131 cm³/mol. The van der Waals surface area contributed by atoms with Gasteiger partial charge < -0.3 is 20.3 Å². The second-order valence-corrected chi connectivity index (χ2v) is 9.59. The molecule has 180 valence electrons. The van der Waals surface area contributed by atoms with Crippen LogP contribution in [-0.2, 0) is 14.3 Å². The highest BCUT2D eigenvalue weighted by molar-refractivity contribution is 7.80. The Hall–Kier alpha value is -2.22. The summed E-state index contributed by atoms with van der Waals surface area (Å²) in [6.07, 6.45) is 1.07. The van der Waals surface area contributed by atoms with Crippen LogP contribution in [0.5, 0.6) is 0 Å². The molecule has 0 bridgehead atoms. The Morgan fingerprint density at radius 3 is 2.31 bits per heavy atom. The molecule has 0 aliphatic carbocycles. The fraction of sp³-hybridized carbons (Fsp3) is 0.625. The van der Waals surface area contributed by atoms with Crippen LogP contribution < -0.4 is 10.6 Å². The average Bonchev–Trinajstić information content (AvgIpc) is 2.67. The number of thiol groups is 1. The highest BCUT2D eigenvalue weighted by Crippen LogP contribution is 2.26. The van der Waals surface area contributed by atoms with Gasteiger partial charge in [0.15, 0.2) is 0 Å². The number of carbonyl (C=O) groups excluding carboxylic acids is 3. The van der Waals surface area contributed by atoms with Gasteiger partial charge >= 0.3 is 6.09 Å². The van der Waals surface area contributed by atoms with Gasteiger partial charge in [-0.1, -0.05) is 31.5 Å². The SMILES string of the molecule is CCCC(C)NC(=O)C(c1cccc(C)c1C)N(C)C(=O)C(CS)NC(=O)OC(C)(C)C. The lowest BCUT2D eigenvalue weighted by Crippen LogP contribution is -2.53. The van der Waals surface area contributed by atoms with Gasteiger partial charge in [0.05, 0.1) is 0 Å². The van der Waals surface area contributed by atoms with Gasteiger partial charge in [0.25, 0.3) is 0 Å². The van der Waals surface area contributed by atoms with Crippen molar-refractivity contribution < 1.29 is 19.1 Å². The number of benzene rings is 1. The quantitative estimate of drug-likeness (QED) is 0.482. The van der Waals surface area contributed by atoms with E-state index < -0.39 is 29.7 Å².